The average molecular weight is 316 g/mol. The molecule has 0 spiro atoms. The van der Waals surface area contributed by atoms with Crippen LogP contribution in [0, 0.1) is 10.1 Å². The number of thiocarbonyl (C=S) groups is 1. The van der Waals surface area contributed by atoms with E-state index in [-0.39, 0.29) is 16.8 Å². The summed E-state index contributed by atoms with van der Waals surface area (Å²) in [5.41, 5.74) is 1.87. The first-order valence-electron chi connectivity index (χ1n) is 6.79. The van der Waals surface area contributed by atoms with Crippen molar-refractivity contribution >= 4 is 28.8 Å². The molecule has 6 heteroatoms. The van der Waals surface area contributed by atoms with E-state index in [1.807, 2.05) is 30.3 Å². The molecule has 2 aromatic rings. The number of nitro benzene ring substituents is 1. The van der Waals surface area contributed by atoms with Crippen molar-refractivity contribution in [1.29, 1.82) is 0 Å². The average Bonchev–Trinajstić information content (AvgIpc) is 2.54. The summed E-state index contributed by atoms with van der Waals surface area (Å²) in [7, 11) is 0. The molecule has 0 aromatic heterocycles. The van der Waals surface area contributed by atoms with E-state index in [0.717, 1.165) is 0 Å². The van der Waals surface area contributed by atoms with Gasteiger partial charge in [0.15, 0.2) is 0 Å². The number of non-ortho nitro benzene ring substituents is 1. The van der Waals surface area contributed by atoms with Gasteiger partial charge in [-0.3, -0.25) is 10.1 Å². The van der Waals surface area contributed by atoms with Gasteiger partial charge in [0.2, 0.25) is 0 Å². The third-order valence-electron chi connectivity index (χ3n) is 3.16. The van der Waals surface area contributed by atoms with Crippen molar-refractivity contribution in [3.8, 4) is 0 Å². The molecule has 1 unspecified atom stereocenters. The van der Waals surface area contributed by atoms with Crippen LogP contribution >= 0.6 is 12.2 Å². The van der Waals surface area contributed by atoms with E-state index in [9.17, 15) is 10.1 Å². The van der Waals surface area contributed by atoms with E-state index in [2.05, 4.69) is 12.2 Å². The number of hydrogen-bond donors (Lipinski definition) is 1. The zero-order chi connectivity index (χ0) is 15.9. The van der Waals surface area contributed by atoms with E-state index in [4.69, 9.17) is 17.0 Å². The lowest BCUT2D eigenvalue weighted by Crippen LogP contribution is -2.16. The smallest absolute Gasteiger partial charge is 0.269 e. The minimum Gasteiger partial charge on any atom is -0.470 e. The molecular formula is C16H16N2O3S. The van der Waals surface area contributed by atoms with E-state index >= 15 is 0 Å². The molecule has 0 aliphatic carbocycles. The van der Waals surface area contributed by atoms with Gasteiger partial charge in [0, 0.05) is 23.7 Å². The van der Waals surface area contributed by atoms with Gasteiger partial charge in [0.05, 0.1) is 11.5 Å². The number of nitrogens with zero attached hydrogens (tertiary/aromatic N) is 1. The van der Waals surface area contributed by atoms with Gasteiger partial charge in [-0.1, -0.05) is 37.3 Å². The molecule has 0 aliphatic heterocycles. The summed E-state index contributed by atoms with van der Waals surface area (Å²) in [4.78, 5) is 10.1. The standard InChI is InChI=1S/C16H16N2O3S/c1-12(13-5-3-2-4-6-13)11-21-16(22)17-14-7-9-15(10-8-14)18(19)20/h2-10,12H,11H2,1H3,(H,17,22). The first-order valence-corrected chi connectivity index (χ1v) is 7.20. The number of nitrogens with one attached hydrogen (secondary N) is 1. The molecule has 0 bridgehead atoms. The zero-order valence-electron chi connectivity index (χ0n) is 12.1. The van der Waals surface area contributed by atoms with Crippen LogP contribution in [0.1, 0.15) is 18.4 Å². The van der Waals surface area contributed by atoms with Gasteiger partial charge in [-0.25, -0.2) is 0 Å². The molecule has 0 heterocycles. The van der Waals surface area contributed by atoms with Crippen molar-refractivity contribution in [2.75, 3.05) is 11.9 Å². The largest absolute Gasteiger partial charge is 0.470 e. The molecule has 0 fully saturated rings. The van der Waals surface area contributed by atoms with Crippen LogP contribution in [-0.4, -0.2) is 16.7 Å². The minimum absolute atomic E-state index is 0.0371. The second-order valence-electron chi connectivity index (χ2n) is 4.84. The van der Waals surface area contributed by atoms with Gasteiger partial charge >= 0.3 is 0 Å². The third kappa shape index (κ3) is 4.53. The summed E-state index contributed by atoms with van der Waals surface area (Å²) in [6, 6.07) is 16.0. The molecule has 1 atom stereocenters. The zero-order valence-corrected chi connectivity index (χ0v) is 12.9. The highest BCUT2D eigenvalue weighted by Crippen LogP contribution is 2.17. The first kappa shape index (κ1) is 15.9. The SMILES string of the molecule is CC(COC(=S)Nc1ccc([N+](=O)[O-])cc1)c1ccccc1. The maximum absolute atomic E-state index is 10.6. The topological polar surface area (TPSA) is 64.4 Å². The van der Waals surface area contributed by atoms with Crippen molar-refractivity contribution < 1.29 is 9.66 Å². The Kier molecular flexibility index (Phi) is 5.43. The monoisotopic (exact) mass is 316 g/mol. The summed E-state index contributed by atoms with van der Waals surface area (Å²) in [6.07, 6.45) is 0. The molecule has 2 aromatic carbocycles. The highest BCUT2D eigenvalue weighted by Gasteiger charge is 2.08. The maximum atomic E-state index is 10.6. The fourth-order valence-corrected chi connectivity index (χ4v) is 2.08. The van der Waals surface area contributed by atoms with E-state index in [1.165, 1.54) is 17.7 Å². The molecule has 1 N–H and O–H groups in total. The highest BCUT2D eigenvalue weighted by molar-refractivity contribution is 7.80. The van der Waals surface area contributed by atoms with Gasteiger partial charge in [-0.15, -0.1) is 0 Å². The Hall–Kier alpha value is -2.47. The van der Waals surface area contributed by atoms with Crippen LogP contribution in [-0.2, 0) is 4.74 Å². The number of hydrogen-bond acceptors (Lipinski definition) is 4. The lowest BCUT2D eigenvalue weighted by molar-refractivity contribution is -0.384. The molecule has 2 rings (SSSR count). The van der Waals surface area contributed by atoms with Crippen LogP contribution in [0.15, 0.2) is 54.6 Å². The van der Waals surface area contributed by atoms with Crippen molar-refractivity contribution in [2.24, 2.45) is 0 Å². The Bertz CT molecular complexity index is 644. The molecule has 0 amide bonds. The van der Waals surface area contributed by atoms with E-state index in [1.54, 1.807) is 12.1 Å². The summed E-state index contributed by atoms with van der Waals surface area (Å²) >= 11 is 5.12. The predicted octanol–water partition coefficient (Wildman–Crippen LogP) is 4.11. The summed E-state index contributed by atoms with van der Waals surface area (Å²) in [5.74, 6) is 0.220. The van der Waals surface area contributed by atoms with Crippen LogP contribution in [0.2, 0.25) is 0 Å². The van der Waals surface area contributed by atoms with Crippen molar-refractivity contribution in [3.63, 3.8) is 0 Å². The second-order valence-corrected chi connectivity index (χ2v) is 5.21. The Balaban J connectivity index is 1.84. The molecule has 0 aliphatic rings. The third-order valence-corrected chi connectivity index (χ3v) is 3.38. The van der Waals surface area contributed by atoms with Gasteiger partial charge in [0.1, 0.15) is 0 Å². The highest BCUT2D eigenvalue weighted by atomic mass is 32.1. The van der Waals surface area contributed by atoms with Crippen LogP contribution in [0.5, 0.6) is 0 Å². The molecule has 0 saturated heterocycles. The maximum Gasteiger partial charge on any atom is 0.269 e. The lowest BCUT2D eigenvalue weighted by atomic mass is 10.0. The first-order chi connectivity index (χ1) is 10.6. The summed E-state index contributed by atoms with van der Waals surface area (Å²) in [5, 5.41) is 13.7. The Labute approximate surface area is 134 Å². The van der Waals surface area contributed by atoms with Crippen molar-refractivity contribution in [3.05, 3.63) is 70.3 Å². The Morgan fingerprint density at radius 2 is 1.86 bits per heavy atom. The number of ether oxygens (including phenoxy) is 1. The predicted molar refractivity (Wildman–Crippen MR) is 90.1 cm³/mol. The van der Waals surface area contributed by atoms with E-state index in [0.29, 0.717) is 12.3 Å². The molecule has 114 valence electrons. The molecule has 0 radical (unpaired) electrons. The number of benzene rings is 2. The molecule has 5 nitrogen and oxygen atoms in total. The number of rotatable bonds is 5. The van der Waals surface area contributed by atoms with Gasteiger partial charge in [-0.05, 0) is 29.9 Å². The second kappa shape index (κ2) is 7.51. The van der Waals surface area contributed by atoms with Crippen LogP contribution in [0.25, 0.3) is 0 Å². The van der Waals surface area contributed by atoms with Gasteiger partial charge in [0.25, 0.3) is 10.9 Å². The van der Waals surface area contributed by atoms with Crippen LogP contribution in [0.3, 0.4) is 0 Å². The quantitative estimate of drug-likeness (QED) is 0.511. The van der Waals surface area contributed by atoms with Gasteiger partial charge < -0.3 is 10.1 Å². The van der Waals surface area contributed by atoms with Crippen LogP contribution < -0.4 is 5.32 Å². The fraction of sp³-hybridized carbons (Fsp3) is 0.188. The minimum atomic E-state index is -0.444. The van der Waals surface area contributed by atoms with Crippen molar-refractivity contribution in [2.45, 2.75) is 12.8 Å². The normalized spacial score (nSPS) is 11.5. The Morgan fingerprint density at radius 3 is 2.45 bits per heavy atom. The number of anilines is 1. The number of nitro groups is 1. The summed E-state index contributed by atoms with van der Waals surface area (Å²) in [6.45, 7) is 2.52. The van der Waals surface area contributed by atoms with Crippen LogP contribution in [0.4, 0.5) is 11.4 Å². The van der Waals surface area contributed by atoms with E-state index < -0.39 is 4.92 Å². The fourth-order valence-electron chi connectivity index (χ4n) is 1.90. The lowest BCUT2D eigenvalue weighted by Gasteiger charge is -2.14. The molecule has 0 saturated carbocycles. The Morgan fingerprint density at radius 1 is 1.23 bits per heavy atom. The van der Waals surface area contributed by atoms with Gasteiger partial charge in [-0.2, -0.15) is 0 Å². The molecular weight excluding hydrogens is 300 g/mol. The van der Waals surface area contributed by atoms with Crippen molar-refractivity contribution in [1.82, 2.24) is 0 Å². The summed E-state index contributed by atoms with van der Waals surface area (Å²) < 4.78 is 5.53. The molecule has 22 heavy (non-hydrogen) atoms.